The number of hydrogen-bond acceptors (Lipinski definition) is 3. The molecule has 0 saturated heterocycles. The standard InChI is InChI=1S/C43H28N2O/c1-2-8-29(9-3-1)30-16-20-34(21-17-30)45(35-22-18-32(19-23-35)37-14-6-11-31-10-4-5-13-36(31)37)41-15-7-12-33-26-39-40-28-44-25-24-42(40)46-43(39)27-38(33)41/h1-28H. The largest absolute Gasteiger partial charge is 0.456 e. The van der Waals surface area contributed by atoms with E-state index in [9.17, 15) is 0 Å². The van der Waals surface area contributed by atoms with E-state index in [1.165, 1.54) is 33.0 Å². The van der Waals surface area contributed by atoms with E-state index in [1.54, 1.807) is 6.20 Å². The van der Waals surface area contributed by atoms with E-state index in [1.807, 2.05) is 12.3 Å². The van der Waals surface area contributed by atoms with Gasteiger partial charge in [0.05, 0.1) is 5.69 Å². The molecule has 0 N–H and O–H groups in total. The lowest BCUT2D eigenvalue weighted by Crippen LogP contribution is -2.10. The summed E-state index contributed by atoms with van der Waals surface area (Å²) in [6.45, 7) is 0. The van der Waals surface area contributed by atoms with Gasteiger partial charge in [0, 0.05) is 39.9 Å². The summed E-state index contributed by atoms with van der Waals surface area (Å²) in [4.78, 5) is 6.69. The van der Waals surface area contributed by atoms with Crippen LogP contribution in [0.5, 0.6) is 0 Å². The van der Waals surface area contributed by atoms with Crippen molar-refractivity contribution in [1.29, 1.82) is 0 Å². The molecule has 3 nitrogen and oxygen atoms in total. The first-order chi connectivity index (χ1) is 22.8. The van der Waals surface area contributed by atoms with E-state index in [-0.39, 0.29) is 0 Å². The molecule has 0 aliphatic heterocycles. The van der Waals surface area contributed by atoms with Gasteiger partial charge in [-0.15, -0.1) is 0 Å². The molecule has 0 fully saturated rings. The molecule has 0 radical (unpaired) electrons. The van der Waals surface area contributed by atoms with E-state index >= 15 is 0 Å². The minimum absolute atomic E-state index is 0.847. The van der Waals surface area contributed by atoms with Crippen LogP contribution in [0.1, 0.15) is 0 Å². The number of benzene rings is 7. The first-order valence-corrected chi connectivity index (χ1v) is 15.5. The number of hydrogen-bond donors (Lipinski definition) is 0. The Morgan fingerprint density at radius 2 is 1.11 bits per heavy atom. The zero-order valence-corrected chi connectivity index (χ0v) is 25.0. The van der Waals surface area contributed by atoms with Crippen molar-refractivity contribution in [3.63, 3.8) is 0 Å². The lowest BCUT2D eigenvalue weighted by atomic mass is 9.98. The average molecular weight is 589 g/mol. The zero-order valence-electron chi connectivity index (χ0n) is 25.0. The summed E-state index contributed by atoms with van der Waals surface area (Å²) < 4.78 is 6.31. The van der Waals surface area contributed by atoms with Crippen LogP contribution < -0.4 is 4.90 Å². The Bertz CT molecular complexity index is 2510. The molecule has 2 heterocycles. The van der Waals surface area contributed by atoms with Gasteiger partial charge >= 0.3 is 0 Å². The van der Waals surface area contributed by atoms with Crippen molar-refractivity contribution in [3.05, 3.63) is 170 Å². The Morgan fingerprint density at radius 3 is 1.93 bits per heavy atom. The monoisotopic (exact) mass is 588 g/mol. The first kappa shape index (κ1) is 26.2. The fraction of sp³-hybridized carbons (Fsp3) is 0. The van der Waals surface area contributed by atoms with Gasteiger partial charge in [0.25, 0.3) is 0 Å². The molecule has 0 unspecified atom stereocenters. The summed E-state index contributed by atoms with van der Waals surface area (Å²) in [6, 6.07) is 56.2. The molecule has 3 heteroatoms. The molecule has 0 bridgehead atoms. The van der Waals surface area contributed by atoms with Crippen molar-refractivity contribution in [2.24, 2.45) is 0 Å². The second-order valence-electron chi connectivity index (χ2n) is 11.6. The maximum atomic E-state index is 6.31. The smallest absolute Gasteiger partial charge is 0.138 e. The molecule has 0 atom stereocenters. The second-order valence-corrected chi connectivity index (χ2v) is 11.6. The molecule has 0 aliphatic carbocycles. The van der Waals surface area contributed by atoms with E-state index in [0.717, 1.165) is 49.8 Å². The van der Waals surface area contributed by atoms with Gasteiger partial charge in [0.1, 0.15) is 11.2 Å². The summed E-state index contributed by atoms with van der Waals surface area (Å²) >= 11 is 0. The molecule has 0 saturated carbocycles. The maximum absolute atomic E-state index is 6.31. The van der Waals surface area contributed by atoms with Crippen LogP contribution in [-0.2, 0) is 0 Å². The van der Waals surface area contributed by atoms with Crippen molar-refractivity contribution in [2.45, 2.75) is 0 Å². The molecule has 0 amide bonds. The van der Waals surface area contributed by atoms with Crippen LogP contribution in [0.3, 0.4) is 0 Å². The van der Waals surface area contributed by atoms with Gasteiger partial charge in [0.15, 0.2) is 0 Å². The first-order valence-electron chi connectivity index (χ1n) is 15.5. The number of pyridine rings is 1. The Balaban J connectivity index is 1.22. The summed E-state index contributed by atoms with van der Waals surface area (Å²) in [5.74, 6) is 0. The third-order valence-corrected chi connectivity index (χ3v) is 8.95. The molecule has 2 aromatic heterocycles. The predicted molar refractivity (Wildman–Crippen MR) is 192 cm³/mol. The molecule has 0 aliphatic rings. The van der Waals surface area contributed by atoms with Crippen molar-refractivity contribution in [2.75, 3.05) is 4.90 Å². The highest BCUT2D eigenvalue weighted by molar-refractivity contribution is 6.12. The van der Waals surface area contributed by atoms with Gasteiger partial charge in [-0.3, -0.25) is 4.98 Å². The Morgan fingerprint density at radius 1 is 0.435 bits per heavy atom. The highest BCUT2D eigenvalue weighted by Crippen LogP contribution is 2.42. The van der Waals surface area contributed by atoms with Crippen molar-refractivity contribution in [1.82, 2.24) is 4.98 Å². The van der Waals surface area contributed by atoms with Gasteiger partial charge in [0.2, 0.25) is 0 Å². The fourth-order valence-electron chi connectivity index (χ4n) is 6.70. The minimum atomic E-state index is 0.847. The number of aromatic nitrogens is 1. The molecule has 216 valence electrons. The Kier molecular flexibility index (Phi) is 6.14. The van der Waals surface area contributed by atoms with Gasteiger partial charge in [-0.05, 0) is 86.9 Å². The quantitative estimate of drug-likeness (QED) is 0.200. The summed E-state index contributed by atoms with van der Waals surface area (Å²) in [6.07, 6.45) is 3.66. The van der Waals surface area contributed by atoms with Crippen LogP contribution in [0, 0.1) is 0 Å². The van der Waals surface area contributed by atoms with E-state index in [2.05, 4.69) is 162 Å². The number of furan rings is 1. The van der Waals surface area contributed by atoms with E-state index in [0.29, 0.717) is 0 Å². The predicted octanol–water partition coefficient (Wildman–Crippen LogP) is 12.1. The molecular formula is C43H28N2O. The number of fused-ring (bicyclic) bond motifs is 5. The van der Waals surface area contributed by atoms with Crippen molar-refractivity contribution >= 4 is 60.5 Å². The molecule has 0 spiro atoms. The average Bonchev–Trinajstić information content (AvgIpc) is 3.49. The summed E-state index contributed by atoms with van der Waals surface area (Å²) in [7, 11) is 0. The SMILES string of the molecule is c1ccc(-c2ccc(N(c3ccc(-c4cccc5ccccc45)cc3)c3cccc4cc5c(cc34)oc3ccncc35)cc2)cc1. The zero-order chi connectivity index (χ0) is 30.5. The van der Waals surface area contributed by atoms with Gasteiger partial charge < -0.3 is 9.32 Å². The fourth-order valence-corrected chi connectivity index (χ4v) is 6.70. The highest BCUT2D eigenvalue weighted by Gasteiger charge is 2.18. The summed E-state index contributed by atoms with van der Waals surface area (Å²) in [5, 5.41) is 6.87. The lowest BCUT2D eigenvalue weighted by molar-refractivity contribution is 0.669. The number of anilines is 3. The number of nitrogens with zero attached hydrogens (tertiary/aromatic N) is 2. The highest BCUT2D eigenvalue weighted by atomic mass is 16.3. The van der Waals surface area contributed by atoms with Crippen LogP contribution in [0.2, 0.25) is 0 Å². The molecule has 46 heavy (non-hydrogen) atoms. The molecule has 9 rings (SSSR count). The summed E-state index contributed by atoms with van der Waals surface area (Å²) in [5.41, 5.74) is 9.76. The van der Waals surface area contributed by atoms with Gasteiger partial charge in [-0.2, -0.15) is 0 Å². The molecule has 7 aromatic carbocycles. The molecular weight excluding hydrogens is 560 g/mol. The topological polar surface area (TPSA) is 29.3 Å². The van der Waals surface area contributed by atoms with Gasteiger partial charge in [-0.25, -0.2) is 0 Å². The van der Waals surface area contributed by atoms with Crippen LogP contribution >= 0.6 is 0 Å². The third kappa shape index (κ3) is 4.41. The van der Waals surface area contributed by atoms with Gasteiger partial charge in [-0.1, -0.05) is 109 Å². The molecule has 9 aromatic rings. The van der Waals surface area contributed by atoms with Crippen LogP contribution in [0.4, 0.5) is 17.1 Å². The second kappa shape index (κ2) is 10.8. The normalized spacial score (nSPS) is 11.5. The van der Waals surface area contributed by atoms with E-state index < -0.39 is 0 Å². The van der Waals surface area contributed by atoms with Crippen LogP contribution in [0.25, 0.3) is 65.7 Å². The number of rotatable bonds is 5. The Labute approximate surface area is 266 Å². The van der Waals surface area contributed by atoms with Crippen LogP contribution in [-0.4, -0.2) is 4.98 Å². The van der Waals surface area contributed by atoms with Crippen molar-refractivity contribution < 1.29 is 4.42 Å². The lowest BCUT2D eigenvalue weighted by Gasteiger charge is -2.27. The van der Waals surface area contributed by atoms with Crippen LogP contribution in [0.15, 0.2) is 175 Å². The maximum Gasteiger partial charge on any atom is 0.138 e. The van der Waals surface area contributed by atoms with E-state index in [4.69, 9.17) is 4.42 Å². The minimum Gasteiger partial charge on any atom is -0.456 e. The third-order valence-electron chi connectivity index (χ3n) is 8.95. The van der Waals surface area contributed by atoms with Crippen molar-refractivity contribution in [3.8, 4) is 22.3 Å². The Hall–Kier alpha value is -6.19.